The molecule has 0 aromatic rings. The van der Waals surface area contributed by atoms with Crippen LogP contribution in [-0.4, -0.2) is 38.0 Å². The van der Waals surface area contributed by atoms with Crippen molar-refractivity contribution in [3.05, 3.63) is 0 Å². The lowest BCUT2D eigenvalue weighted by molar-refractivity contribution is 0.0422. The van der Waals surface area contributed by atoms with E-state index in [0.717, 1.165) is 45.6 Å². The molecule has 0 saturated carbocycles. The minimum atomic E-state index is 0.302. The van der Waals surface area contributed by atoms with Gasteiger partial charge in [0.25, 0.3) is 0 Å². The second-order valence-corrected chi connectivity index (χ2v) is 5.02. The highest BCUT2D eigenvalue weighted by molar-refractivity contribution is 4.85. The van der Waals surface area contributed by atoms with E-state index in [1.165, 1.54) is 12.8 Å². The fourth-order valence-electron chi connectivity index (χ4n) is 2.41. The molecule has 0 spiro atoms. The third-order valence-electron chi connectivity index (χ3n) is 3.64. The fraction of sp³-hybridized carbons (Fsp3) is 1.00. The predicted molar refractivity (Wildman–Crippen MR) is 60.1 cm³/mol. The minimum absolute atomic E-state index is 0.302. The van der Waals surface area contributed by atoms with Crippen molar-refractivity contribution in [2.45, 2.75) is 50.7 Å². The smallest absolute Gasteiger partial charge is 0.0588 e. The Morgan fingerprint density at radius 2 is 2.07 bits per heavy atom. The Labute approximate surface area is 92.5 Å². The van der Waals surface area contributed by atoms with Crippen molar-refractivity contribution in [3.8, 4) is 0 Å². The van der Waals surface area contributed by atoms with E-state index in [-0.39, 0.29) is 0 Å². The molecule has 0 aromatic heterocycles. The first-order valence-electron chi connectivity index (χ1n) is 6.23. The molecule has 2 saturated heterocycles. The van der Waals surface area contributed by atoms with Crippen LogP contribution in [0.3, 0.4) is 0 Å². The van der Waals surface area contributed by atoms with Gasteiger partial charge in [-0.15, -0.1) is 0 Å². The zero-order valence-electron chi connectivity index (χ0n) is 9.76. The van der Waals surface area contributed by atoms with Gasteiger partial charge >= 0.3 is 0 Å². The molecule has 0 bridgehead atoms. The van der Waals surface area contributed by atoms with E-state index in [2.05, 4.69) is 12.2 Å². The number of hydrogen-bond acceptors (Lipinski definition) is 3. The van der Waals surface area contributed by atoms with Gasteiger partial charge in [-0.2, -0.15) is 0 Å². The van der Waals surface area contributed by atoms with Gasteiger partial charge in [0.15, 0.2) is 0 Å². The Balaban J connectivity index is 1.63. The van der Waals surface area contributed by atoms with Crippen molar-refractivity contribution in [3.63, 3.8) is 0 Å². The first-order chi connectivity index (χ1) is 7.29. The van der Waals surface area contributed by atoms with Gasteiger partial charge in [0.05, 0.1) is 6.10 Å². The molecule has 2 aliphatic rings. The van der Waals surface area contributed by atoms with Crippen molar-refractivity contribution < 1.29 is 9.47 Å². The van der Waals surface area contributed by atoms with E-state index in [1.54, 1.807) is 0 Å². The monoisotopic (exact) mass is 213 g/mol. The van der Waals surface area contributed by atoms with Gasteiger partial charge in [-0.05, 0) is 45.6 Å². The van der Waals surface area contributed by atoms with E-state index in [4.69, 9.17) is 9.47 Å². The van der Waals surface area contributed by atoms with Gasteiger partial charge in [-0.1, -0.05) is 0 Å². The van der Waals surface area contributed by atoms with E-state index in [9.17, 15) is 0 Å². The molecule has 2 rings (SSSR count). The molecule has 3 heteroatoms. The zero-order valence-corrected chi connectivity index (χ0v) is 9.76. The molecular weight excluding hydrogens is 190 g/mol. The maximum atomic E-state index is 5.61. The molecule has 0 amide bonds. The summed E-state index contributed by atoms with van der Waals surface area (Å²) in [5, 5.41) is 3.66. The van der Waals surface area contributed by atoms with Crippen LogP contribution < -0.4 is 5.32 Å². The molecule has 15 heavy (non-hydrogen) atoms. The number of hydrogen-bond donors (Lipinski definition) is 1. The average Bonchev–Trinajstić information content (AvgIpc) is 2.71. The average molecular weight is 213 g/mol. The molecule has 0 aromatic carbocycles. The minimum Gasteiger partial charge on any atom is -0.381 e. The third kappa shape index (κ3) is 3.44. The highest BCUT2D eigenvalue weighted by Crippen LogP contribution is 2.20. The van der Waals surface area contributed by atoms with Gasteiger partial charge in [0.1, 0.15) is 0 Å². The van der Waals surface area contributed by atoms with E-state index < -0.39 is 0 Å². The second-order valence-electron chi connectivity index (χ2n) is 5.02. The predicted octanol–water partition coefficient (Wildman–Crippen LogP) is 1.71. The summed E-state index contributed by atoms with van der Waals surface area (Å²) < 4.78 is 11.0. The van der Waals surface area contributed by atoms with Gasteiger partial charge in [0, 0.05) is 25.4 Å². The molecule has 1 unspecified atom stereocenters. The van der Waals surface area contributed by atoms with Crippen LogP contribution in [0.2, 0.25) is 0 Å². The van der Waals surface area contributed by atoms with Crippen molar-refractivity contribution >= 4 is 0 Å². The standard InChI is InChI=1S/C12H23NO2/c1-12(5-9-14-10-6-12)13-7-4-11-3-2-8-15-11/h11,13H,2-10H2,1H3. The number of ether oxygens (including phenoxy) is 2. The summed E-state index contributed by atoms with van der Waals surface area (Å²) in [5.41, 5.74) is 0.302. The van der Waals surface area contributed by atoms with Crippen LogP contribution in [0.15, 0.2) is 0 Å². The fourth-order valence-corrected chi connectivity index (χ4v) is 2.41. The van der Waals surface area contributed by atoms with Crippen LogP contribution in [0.25, 0.3) is 0 Å². The SMILES string of the molecule is CC1(NCCC2CCCO2)CCOCC1. The van der Waals surface area contributed by atoms with Gasteiger partial charge in [-0.25, -0.2) is 0 Å². The summed E-state index contributed by atoms with van der Waals surface area (Å²) in [5.74, 6) is 0. The van der Waals surface area contributed by atoms with Crippen molar-refractivity contribution in [1.29, 1.82) is 0 Å². The second kappa shape index (κ2) is 5.28. The highest BCUT2D eigenvalue weighted by Gasteiger charge is 2.26. The van der Waals surface area contributed by atoms with E-state index in [0.29, 0.717) is 11.6 Å². The Kier molecular flexibility index (Phi) is 4.00. The molecule has 2 aliphatic heterocycles. The Morgan fingerprint density at radius 1 is 1.27 bits per heavy atom. The lowest BCUT2D eigenvalue weighted by atomic mass is 9.92. The lowest BCUT2D eigenvalue weighted by Crippen LogP contribution is -2.47. The first kappa shape index (κ1) is 11.4. The Morgan fingerprint density at radius 3 is 2.73 bits per heavy atom. The molecule has 88 valence electrons. The number of nitrogens with one attached hydrogen (secondary N) is 1. The molecular formula is C12H23NO2. The van der Waals surface area contributed by atoms with Crippen molar-refractivity contribution in [2.75, 3.05) is 26.4 Å². The van der Waals surface area contributed by atoms with Gasteiger partial charge < -0.3 is 14.8 Å². The Hall–Kier alpha value is -0.120. The summed E-state index contributed by atoms with van der Waals surface area (Å²) in [4.78, 5) is 0. The third-order valence-corrected chi connectivity index (χ3v) is 3.64. The summed E-state index contributed by atoms with van der Waals surface area (Å²) in [6.07, 6.45) is 6.45. The zero-order chi connectivity index (χ0) is 10.6. The largest absolute Gasteiger partial charge is 0.381 e. The van der Waals surface area contributed by atoms with Crippen LogP contribution in [0.4, 0.5) is 0 Å². The van der Waals surface area contributed by atoms with E-state index in [1.807, 2.05) is 0 Å². The van der Waals surface area contributed by atoms with E-state index >= 15 is 0 Å². The normalized spacial score (nSPS) is 30.6. The summed E-state index contributed by atoms with van der Waals surface area (Å²) in [7, 11) is 0. The van der Waals surface area contributed by atoms with Gasteiger partial charge in [-0.3, -0.25) is 0 Å². The first-order valence-corrected chi connectivity index (χ1v) is 6.23. The molecule has 1 atom stereocenters. The topological polar surface area (TPSA) is 30.5 Å². The highest BCUT2D eigenvalue weighted by atomic mass is 16.5. The molecule has 0 radical (unpaired) electrons. The maximum Gasteiger partial charge on any atom is 0.0588 e. The molecule has 2 fully saturated rings. The summed E-state index contributed by atoms with van der Waals surface area (Å²) >= 11 is 0. The molecule has 1 N–H and O–H groups in total. The van der Waals surface area contributed by atoms with Crippen LogP contribution >= 0.6 is 0 Å². The maximum absolute atomic E-state index is 5.61. The van der Waals surface area contributed by atoms with Gasteiger partial charge in [0.2, 0.25) is 0 Å². The molecule has 3 nitrogen and oxygen atoms in total. The Bertz CT molecular complexity index is 184. The summed E-state index contributed by atoms with van der Waals surface area (Å²) in [6, 6.07) is 0. The molecule has 2 heterocycles. The number of rotatable bonds is 4. The van der Waals surface area contributed by atoms with Crippen LogP contribution in [-0.2, 0) is 9.47 Å². The van der Waals surface area contributed by atoms with Crippen LogP contribution in [0, 0.1) is 0 Å². The van der Waals surface area contributed by atoms with Crippen LogP contribution in [0.5, 0.6) is 0 Å². The summed E-state index contributed by atoms with van der Waals surface area (Å²) in [6.45, 7) is 6.18. The van der Waals surface area contributed by atoms with Crippen LogP contribution in [0.1, 0.15) is 39.0 Å². The van der Waals surface area contributed by atoms with Crippen molar-refractivity contribution in [1.82, 2.24) is 5.32 Å². The van der Waals surface area contributed by atoms with Crippen molar-refractivity contribution in [2.24, 2.45) is 0 Å². The molecule has 0 aliphatic carbocycles. The lowest BCUT2D eigenvalue weighted by Gasteiger charge is -2.35. The quantitative estimate of drug-likeness (QED) is 0.771.